The second-order valence-electron chi connectivity index (χ2n) is 6.98. The van der Waals surface area contributed by atoms with E-state index in [1.165, 1.54) is 0 Å². The van der Waals surface area contributed by atoms with Gasteiger partial charge in [-0.05, 0) is 54.6 Å². The Balaban J connectivity index is 1.59. The van der Waals surface area contributed by atoms with Gasteiger partial charge in [-0.15, -0.1) is 0 Å². The molecule has 3 amide bonds. The van der Waals surface area contributed by atoms with Gasteiger partial charge in [-0.25, -0.2) is 0 Å². The Morgan fingerprint density at radius 1 is 1.07 bits per heavy atom. The number of carbonyl (C=O) groups excluding carboxylic acids is 3. The fraction of sp³-hybridized carbons (Fsp3) is 0.227. The second-order valence-corrected chi connectivity index (χ2v) is 7.98. The van der Waals surface area contributed by atoms with Crippen molar-refractivity contribution in [3.8, 4) is 0 Å². The molecule has 150 valence electrons. The maximum Gasteiger partial charge on any atom is 0.293 e. The zero-order chi connectivity index (χ0) is 21.0. The van der Waals surface area contributed by atoms with Crippen LogP contribution in [0.2, 0.25) is 0 Å². The topological polar surface area (TPSA) is 69.7 Å². The Labute approximate surface area is 174 Å². The van der Waals surface area contributed by atoms with Crippen molar-refractivity contribution in [2.75, 3.05) is 30.9 Å². The molecule has 1 heterocycles. The number of rotatable bonds is 6. The van der Waals surface area contributed by atoms with Gasteiger partial charge in [0.15, 0.2) is 0 Å². The number of anilines is 2. The maximum absolute atomic E-state index is 12.6. The Morgan fingerprint density at radius 3 is 2.34 bits per heavy atom. The molecule has 1 aliphatic rings. The minimum atomic E-state index is -0.361. The number of benzene rings is 2. The average Bonchev–Trinajstić information content (AvgIpc) is 2.95. The van der Waals surface area contributed by atoms with Gasteiger partial charge in [0.1, 0.15) is 0 Å². The Morgan fingerprint density at radius 2 is 1.72 bits per heavy atom. The molecule has 1 N–H and O–H groups in total. The van der Waals surface area contributed by atoms with Gasteiger partial charge in [0.05, 0.1) is 4.91 Å². The molecule has 0 aliphatic carbocycles. The van der Waals surface area contributed by atoms with Crippen LogP contribution in [0.4, 0.5) is 16.2 Å². The maximum atomic E-state index is 12.6. The van der Waals surface area contributed by atoms with E-state index in [0.717, 1.165) is 33.5 Å². The number of thioether (sulfide) groups is 1. The molecular weight excluding hydrogens is 386 g/mol. The van der Waals surface area contributed by atoms with E-state index in [9.17, 15) is 14.4 Å². The molecule has 0 atom stereocenters. The molecule has 0 bridgehead atoms. The van der Waals surface area contributed by atoms with Crippen molar-refractivity contribution >= 4 is 46.3 Å². The van der Waals surface area contributed by atoms with Crippen molar-refractivity contribution in [3.05, 3.63) is 64.6 Å². The van der Waals surface area contributed by atoms with Gasteiger partial charge >= 0.3 is 0 Å². The third-order valence-electron chi connectivity index (χ3n) is 4.48. The second kappa shape index (κ2) is 8.96. The fourth-order valence-electron chi connectivity index (χ4n) is 2.79. The molecule has 0 unspecified atom stereocenters. The van der Waals surface area contributed by atoms with Gasteiger partial charge in [0, 0.05) is 38.4 Å². The summed E-state index contributed by atoms with van der Waals surface area (Å²) >= 11 is 0.901. The van der Waals surface area contributed by atoms with Crippen LogP contribution in [0.15, 0.2) is 53.4 Å². The number of hydrogen-bond donors (Lipinski definition) is 1. The molecule has 1 saturated heterocycles. The standard InChI is InChI=1S/C22H23N3O3S/c1-15-4-8-17(9-5-15)23-20(26)12-13-25-21(27)19(29-22(25)28)14-16-6-10-18(11-7-16)24(2)3/h4-11,14H,12-13H2,1-3H3,(H,23,26)/b19-14-. The summed E-state index contributed by atoms with van der Waals surface area (Å²) in [6.07, 6.45) is 1.76. The molecule has 2 aromatic rings. The van der Waals surface area contributed by atoms with E-state index in [0.29, 0.717) is 10.6 Å². The monoisotopic (exact) mass is 409 g/mol. The summed E-state index contributed by atoms with van der Waals surface area (Å²) in [5.41, 5.74) is 3.69. The SMILES string of the molecule is Cc1ccc(NC(=O)CCN2C(=O)S/C(=C\c3ccc(N(C)C)cc3)C2=O)cc1. The smallest absolute Gasteiger partial charge is 0.293 e. The fourth-order valence-corrected chi connectivity index (χ4v) is 3.65. The molecule has 1 fully saturated rings. The highest BCUT2D eigenvalue weighted by Crippen LogP contribution is 2.32. The zero-order valence-electron chi connectivity index (χ0n) is 16.6. The number of aryl methyl sites for hydroxylation is 1. The van der Waals surface area contributed by atoms with Crippen molar-refractivity contribution in [1.29, 1.82) is 0 Å². The number of carbonyl (C=O) groups is 3. The third kappa shape index (κ3) is 5.26. The largest absolute Gasteiger partial charge is 0.378 e. The van der Waals surface area contributed by atoms with Crippen LogP contribution in [-0.4, -0.2) is 42.6 Å². The lowest BCUT2D eigenvalue weighted by Crippen LogP contribution is -2.31. The number of nitrogens with zero attached hydrogens (tertiary/aromatic N) is 2. The van der Waals surface area contributed by atoms with E-state index >= 15 is 0 Å². The van der Waals surface area contributed by atoms with Crippen molar-refractivity contribution in [1.82, 2.24) is 4.90 Å². The zero-order valence-corrected chi connectivity index (χ0v) is 17.5. The van der Waals surface area contributed by atoms with Crippen LogP contribution >= 0.6 is 11.8 Å². The van der Waals surface area contributed by atoms with Crippen LogP contribution in [0.5, 0.6) is 0 Å². The lowest BCUT2D eigenvalue weighted by Gasteiger charge is -2.12. The summed E-state index contributed by atoms with van der Waals surface area (Å²) in [6, 6.07) is 15.1. The minimum Gasteiger partial charge on any atom is -0.378 e. The molecular formula is C22H23N3O3S. The Bertz CT molecular complexity index is 950. The highest BCUT2D eigenvalue weighted by atomic mass is 32.2. The predicted octanol–water partition coefficient (Wildman–Crippen LogP) is 4.13. The number of amides is 3. The van der Waals surface area contributed by atoms with Crippen LogP contribution in [-0.2, 0) is 9.59 Å². The molecule has 6 nitrogen and oxygen atoms in total. The predicted molar refractivity (Wildman–Crippen MR) is 118 cm³/mol. The minimum absolute atomic E-state index is 0.0523. The van der Waals surface area contributed by atoms with Gasteiger partial charge in [0.2, 0.25) is 5.91 Å². The van der Waals surface area contributed by atoms with Crippen molar-refractivity contribution < 1.29 is 14.4 Å². The first-order valence-corrected chi connectivity index (χ1v) is 10.0. The normalized spacial score (nSPS) is 15.1. The highest BCUT2D eigenvalue weighted by molar-refractivity contribution is 8.18. The van der Waals surface area contributed by atoms with Crippen LogP contribution in [0, 0.1) is 6.92 Å². The molecule has 7 heteroatoms. The molecule has 0 spiro atoms. The van der Waals surface area contributed by atoms with Crippen molar-refractivity contribution in [2.24, 2.45) is 0 Å². The first-order valence-electron chi connectivity index (χ1n) is 9.23. The van der Waals surface area contributed by atoms with Crippen LogP contribution in [0.1, 0.15) is 17.5 Å². The summed E-state index contributed by atoms with van der Waals surface area (Å²) in [5, 5.41) is 2.42. The van der Waals surface area contributed by atoms with Crippen molar-refractivity contribution in [2.45, 2.75) is 13.3 Å². The van der Waals surface area contributed by atoms with Crippen LogP contribution in [0.25, 0.3) is 6.08 Å². The third-order valence-corrected chi connectivity index (χ3v) is 5.39. The average molecular weight is 410 g/mol. The molecule has 3 rings (SSSR count). The van der Waals surface area contributed by atoms with Gasteiger partial charge in [-0.1, -0.05) is 29.8 Å². The molecule has 0 radical (unpaired) electrons. The van der Waals surface area contributed by atoms with Crippen LogP contribution < -0.4 is 10.2 Å². The summed E-state index contributed by atoms with van der Waals surface area (Å²) in [4.78, 5) is 40.4. The lowest BCUT2D eigenvalue weighted by atomic mass is 10.2. The molecule has 0 saturated carbocycles. The van der Waals surface area contributed by atoms with Gasteiger partial charge in [-0.3, -0.25) is 19.3 Å². The first-order chi connectivity index (χ1) is 13.8. The number of nitrogens with one attached hydrogen (secondary N) is 1. The number of imide groups is 1. The van der Waals surface area contributed by atoms with E-state index in [2.05, 4.69) is 5.32 Å². The summed E-state index contributed by atoms with van der Waals surface area (Å²) in [5.74, 6) is -0.601. The van der Waals surface area contributed by atoms with Crippen LogP contribution in [0.3, 0.4) is 0 Å². The van der Waals surface area contributed by atoms with Gasteiger partial charge < -0.3 is 10.2 Å². The first kappa shape index (κ1) is 20.7. The highest BCUT2D eigenvalue weighted by Gasteiger charge is 2.35. The Kier molecular flexibility index (Phi) is 6.39. The van der Waals surface area contributed by atoms with E-state index in [4.69, 9.17) is 0 Å². The van der Waals surface area contributed by atoms with Gasteiger partial charge in [0.25, 0.3) is 11.1 Å². The quantitative estimate of drug-likeness (QED) is 0.727. The summed E-state index contributed by atoms with van der Waals surface area (Å²) < 4.78 is 0. The van der Waals surface area contributed by atoms with Crippen molar-refractivity contribution in [3.63, 3.8) is 0 Å². The van der Waals surface area contributed by atoms with E-state index in [1.807, 2.05) is 74.4 Å². The van der Waals surface area contributed by atoms with E-state index in [1.54, 1.807) is 6.08 Å². The molecule has 1 aliphatic heterocycles. The Hall–Kier alpha value is -3.06. The lowest BCUT2D eigenvalue weighted by molar-refractivity contribution is -0.123. The van der Waals surface area contributed by atoms with E-state index < -0.39 is 0 Å². The molecule has 0 aromatic heterocycles. The number of hydrogen-bond acceptors (Lipinski definition) is 5. The summed E-state index contributed by atoms with van der Waals surface area (Å²) in [7, 11) is 3.91. The van der Waals surface area contributed by atoms with E-state index in [-0.39, 0.29) is 30.0 Å². The van der Waals surface area contributed by atoms with Gasteiger partial charge in [-0.2, -0.15) is 0 Å². The molecule has 29 heavy (non-hydrogen) atoms. The molecule has 2 aromatic carbocycles. The summed E-state index contributed by atoms with van der Waals surface area (Å²) in [6.45, 7) is 2.02.